The zero-order valence-corrected chi connectivity index (χ0v) is 12.6. The topological polar surface area (TPSA) is 28.2 Å². The summed E-state index contributed by atoms with van der Waals surface area (Å²) in [5, 5.41) is 3.79. The molecule has 1 aliphatic heterocycles. The highest BCUT2D eigenvalue weighted by molar-refractivity contribution is 7.11. The summed E-state index contributed by atoms with van der Waals surface area (Å²) in [7, 11) is 0. The van der Waals surface area contributed by atoms with E-state index >= 15 is 0 Å². The lowest BCUT2D eigenvalue weighted by Gasteiger charge is -2.36. The largest absolute Gasteiger partial charge is 0.434 e. The van der Waals surface area contributed by atoms with Gasteiger partial charge in [0, 0.05) is 32.2 Å². The van der Waals surface area contributed by atoms with Crippen LogP contribution in [0.3, 0.4) is 0 Å². The van der Waals surface area contributed by atoms with Gasteiger partial charge in [0.25, 0.3) is 0 Å². The van der Waals surface area contributed by atoms with Crippen LogP contribution in [0.4, 0.5) is 13.2 Å². The van der Waals surface area contributed by atoms with Crippen molar-refractivity contribution in [3.63, 3.8) is 0 Å². The lowest BCUT2D eigenvalue weighted by molar-refractivity contribution is -0.141. The van der Waals surface area contributed by atoms with Crippen molar-refractivity contribution in [3.8, 4) is 0 Å². The summed E-state index contributed by atoms with van der Waals surface area (Å²) in [6, 6.07) is 0.317. The molecule has 1 fully saturated rings. The summed E-state index contributed by atoms with van der Waals surface area (Å²) in [5.74, 6) is 0. The van der Waals surface area contributed by atoms with Crippen molar-refractivity contribution >= 4 is 11.3 Å². The smallest absolute Gasteiger partial charge is 0.314 e. The van der Waals surface area contributed by atoms with Crippen LogP contribution in [0.15, 0.2) is 0 Å². The minimum absolute atomic E-state index is 0.317. The third kappa shape index (κ3) is 3.71. The highest BCUT2D eigenvalue weighted by Gasteiger charge is 2.38. The van der Waals surface area contributed by atoms with Gasteiger partial charge in [0.15, 0.2) is 5.69 Å². The Kier molecular flexibility index (Phi) is 5.04. The minimum atomic E-state index is -4.35. The van der Waals surface area contributed by atoms with E-state index in [0.717, 1.165) is 43.8 Å². The lowest BCUT2D eigenvalue weighted by atomic mass is 10.1. The van der Waals surface area contributed by atoms with Gasteiger partial charge in [0.2, 0.25) is 0 Å². The van der Waals surface area contributed by atoms with Gasteiger partial charge in [-0.25, -0.2) is 4.98 Å². The van der Waals surface area contributed by atoms with Gasteiger partial charge in [-0.3, -0.25) is 4.90 Å². The molecule has 0 aliphatic carbocycles. The molecular formula is C13H20F3N3S. The fourth-order valence-electron chi connectivity index (χ4n) is 2.61. The van der Waals surface area contributed by atoms with E-state index in [1.165, 1.54) is 0 Å². The van der Waals surface area contributed by atoms with Crippen LogP contribution < -0.4 is 5.32 Å². The van der Waals surface area contributed by atoms with Gasteiger partial charge >= 0.3 is 6.18 Å². The summed E-state index contributed by atoms with van der Waals surface area (Å²) in [6.45, 7) is 6.56. The van der Waals surface area contributed by atoms with Gasteiger partial charge in [-0.15, -0.1) is 11.3 Å². The molecule has 1 N–H and O–H groups in total. The predicted octanol–water partition coefficient (Wildman–Crippen LogP) is 3.04. The maximum Gasteiger partial charge on any atom is 0.434 e. The van der Waals surface area contributed by atoms with Crippen LogP contribution in [-0.2, 0) is 12.7 Å². The van der Waals surface area contributed by atoms with Crippen LogP contribution >= 0.6 is 11.3 Å². The molecule has 1 saturated heterocycles. The number of hydrogen-bond acceptors (Lipinski definition) is 4. The summed E-state index contributed by atoms with van der Waals surface area (Å²) in [6.07, 6.45) is -2.31. The van der Waals surface area contributed by atoms with E-state index in [-0.39, 0.29) is 0 Å². The monoisotopic (exact) mass is 307 g/mol. The van der Waals surface area contributed by atoms with Crippen molar-refractivity contribution in [2.45, 2.75) is 45.5 Å². The molecular weight excluding hydrogens is 287 g/mol. The fraction of sp³-hybridized carbons (Fsp3) is 0.769. The Hall–Kier alpha value is -0.660. The van der Waals surface area contributed by atoms with E-state index in [9.17, 15) is 13.2 Å². The number of alkyl halides is 3. The van der Waals surface area contributed by atoms with E-state index in [4.69, 9.17) is 0 Å². The molecule has 20 heavy (non-hydrogen) atoms. The molecule has 1 aliphatic rings. The zero-order chi connectivity index (χ0) is 14.8. The maximum atomic E-state index is 13.0. The summed E-state index contributed by atoms with van der Waals surface area (Å²) in [5.41, 5.74) is -0.700. The van der Waals surface area contributed by atoms with Crippen molar-refractivity contribution in [2.75, 3.05) is 19.6 Å². The predicted molar refractivity (Wildman–Crippen MR) is 73.8 cm³/mol. The molecule has 1 unspecified atom stereocenters. The van der Waals surface area contributed by atoms with Crippen molar-refractivity contribution in [1.82, 2.24) is 15.2 Å². The third-order valence-electron chi connectivity index (χ3n) is 3.51. The van der Waals surface area contributed by atoms with Gasteiger partial charge in [0.1, 0.15) is 0 Å². The summed E-state index contributed by atoms with van der Waals surface area (Å²) < 4.78 is 38.9. The summed E-state index contributed by atoms with van der Waals surface area (Å²) in [4.78, 5) is 6.17. The number of piperazine rings is 1. The van der Waals surface area contributed by atoms with E-state index in [1.54, 1.807) is 6.92 Å². The van der Waals surface area contributed by atoms with E-state index in [2.05, 4.69) is 22.1 Å². The highest BCUT2D eigenvalue weighted by atomic mass is 32.1. The molecule has 0 radical (unpaired) electrons. The number of thiazole rings is 1. The second kappa shape index (κ2) is 6.41. The number of aromatic nitrogens is 1. The molecule has 2 heterocycles. The fourth-order valence-corrected chi connectivity index (χ4v) is 3.59. The molecule has 7 heteroatoms. The highest BCUT2D eigenvalue weighted by Crippen LogP contribution is 2.35. The van der Waals surface area contributed by atoms with Crippen LogP contribution in [-0.4, -0.2) is 35.6 Å². The quantitative estimate of drug-likeness (QED) is 0.927. The zero-order valence-electron chi connectivity index (χ0n) is 11.8. The molecule has 0 bridgehead atoms. The average Bonchev–Trinajstić information content (AvgIpc) is 2.73. The molecule has 0 amide bonds. The van der Waals surface area contributed by atoms with Crippen LogP contribution in [0.1, 0.15) is 35.3 Å². The Morgan fingerprint density at radius 1 is 1.45 bits per heavy atom. The van der Waals surface area contributed by atoms with Gasteiger partial charge in [-0.1, -0.05) is 13.3 Å². The number of nitrogens with one attached hydrogen (secondary N) is 1. The third-order valence-corrected chi connectivity index (χ3v) is 4.47. The van der Waals surface area contributed by atoms with Crippen LogP contribution in [0.25, 0.3) is 0 Å². The molecule has 0 aromatic carbocycles. The Balaban J connectivity index is 2.16. The van der Waals surface area contributed by atoms with Crippen molar-refractivity contribution in [3.05, 3.63) is 15.6 Å². The first kappa shape index (κ1) is 15.7. The maximum absolute atomic E-state index is 13.0. The van der Waals surface area contributed by atoms with Gasteiger partial charge in [-0.2, -0.15) is 13.2 Å². The SMILES string of the molecule is CCCC1CNCCN1Cc1sc(C)nc1C(F)(F)F. The summed E-state index contributed by atoms with van der Waals surface area (Å²) >= 11 is 1.16. The van der Waals surface area contributed by atoms with E-state index in [0.29, 0.717) is 22.5 Å². The standard InChI is InChI=1S/C13H20F3N3S/c1-3-4-10-7-17-5-6-19(10)8-11-12(13(14,15)16)18-9(2)20-11/h10,17H,3-8H2,1-2H3. The van der Waals surface area contributed by atoms with Crippen LogP contribution in [0.5, 0.6) is 0 Å². The Morgan fingerprint density at radius 2 is 2.20 bits per heavy atom. The van der Waals surface area contributed by atoms with Crippen molar-refractivity contribution in [2.24, 2.45) is 0 Å². The van der Waals surface area contributed by atoms with Crippen LogP contribution in [0, 0.1) is 6.92 Å². The molecule has 1 aromatic rings. The number of halogens is 3. The molecule has 1 atom stereocenters. The Bertz CT molecular complexity index is 443. The Labute approximate surface area is 121 Å². The first-order valence-electron chi connectivity index (χ1n) is 6.90. The van der Waals surface area contributed by atoms with Crippen molar-refractivity contribution in [1.29, 1.82) is 0 Å². The molecule has 0 spiro atoms. The normalized spacial score (nSPS) is 21.4. The van der Waals surface area contributed by atoms with Gasteiger partial charge in [-0.05, 0) is 13.3 Å². The van der Waals surface area contributed by atoms with Gasteiger partial charge < -0.3 is 5.32 Å². The number of nitrogens with zero attached hydrogens (tertiary/aromatic N) is 2. The number of rotatable bonds is 4. The molecule has 0 saturated carbocycles. The Morgan fingerprint density at radius 3 is 2.85 bits per heavy atom. The lowest BCUT2D eigenvalue weighted by Crippen LogP contribution is -2.50. The van der Waals surface area contributed by atoms with Crippen molar-refractivity contribution < 1.29 is 13.2 Å². The molecule has 3 nitrogen and oxygen atoms in total. The second-order valence-corrected chi connectivity index (χ2v) is 6.41. The minimum Gasteiger partial charge on any atom is -0.314 e. The van der Waals surface area contributed by atoms with E-state index in [1.807, 2.05) is 0 Å². The molecule has 2 rings (SSSR count). The second-order valence-electron chi connectivity index (χ2n) is 5.12. The number of hydrogen-bond donors (Lipinski definition) is 1. The van der Waals surface area contributed by atoms with E-state index < -0.39 is 11.9 Å². The molecule has 1 aromatic heterocycles. The van der Waals surface area contributed by atoms with Crippen LogP contribution in [0.2, 0.25) is 0 Å². The molecule has 114 valence electrons. The average molecular weight is 307 g/mol. The first-order valence-corrected chi connectivity index (χ1v) is 7.71. The van der Waals surface area contributed by atoms with Gasteiger partial charge in [0.05, 0.1) is 9.88 Å². The number of aryl methyl sites for hydroxylation is 1. The first-order chi connectivity index (χ1) is 9.41.